The highest BCUT2D eigenvalue weighted by molar-refractivity contribution is 7.25. The van der Waals surface area contributed by atoms with E-state index in [1.807, 2.05) is 17.4 Å². The van der Waals surface area contributed by atoms with Crippen molar-refractivity contribution in [3.63, 3.8) is 0 Å². The van der Waals surface area contributed by atoms with Crippen molar-refractivity contribution in [3.05, 3.63) is 188 Å². The number of rotatable bonds is 6. The van der Waals surface area contributed by atoms with Crippen LogP contribution in [0.25, 0.3) is 75.5 Å². The van der Waals surface area contributed by atoms with Crippen molar-refractivity contribution in [1.82, 2.24) is 0 Å². The second-order valence-corrected chi connectivity index (χ2v) is 14.0. The maximum absolute atomic E-state index is 6.43. The van der Waals surface area contributed by atoms with E-state index in [-0.39, 0.29) is 0 Å². The Hall–Kier alpha value is -6.42. The number of nitrogens with zero attached hydrogens (tertiary/aromatic N) is 1. The molecule has 3 heteroatoms. The Morgan fingerprint density at radius 2 is 1.02 bits per heavy atom. The molecule has 240 valence electrons. The largest absolute Gasteiger partial charge is 0.456 e. The van der Waals surface area contributed by atoms with Crippen LogP contribution in [-0.4, -0.2) is 0 Å². The van der Waals surface area contributed by atoms with Gasteiger partial charge in [-0.3, -0.25) is 0 Å². The van der Waals surface area contributed by atoms with Crippen molar-refractivity contribution in [2.75, 3.05) is 4.90 Å². The molecule has 2 aromatic heterocycles. The van der Waals surface area contributed by atoms with Gasteiger partial charge >= 0.3 is 0 Å². The summed E-state index contributed by atoms with van der Waals surface area (Å²) in [5.41, 5.74) is 12.0. The average Bonchev–Trinajstić information content (AvgIpc) is 3.77. The van der Waals surface area contributed by atoms with Crippen LogP contribution in [0.1, 0.15) is 0 Å². The summed E-state index contributed by atoms with van der Waals surface area (Å²) in [6.07, 6.45) is 0. The van der Waals surface area contributed by atoms with E-state index in [0.29, 0.717) is 0 Å². The third-order valence-corrected chi connectivity index (χ3v) is 11.0. The van der Waals surface area contributed by atoms with Gasteiger partial charge < -0.3 is 9.32 Å². The molecule has 2 nitrogen and oxygen atoms in total. The Kier molecular flexibility index (Phi) is 7.04. The summed E-state index contributed by atoms with van der Waals surface area (Å²) in [5, 5.41) is 4.85. The van der Waals surface area contributed by atoms with Crippen LogP contribution in [0.3, 0.4) is 0 Å². The van der Waals surface area contributed by atoms with E-state index >= 15 is 0 Å². The Morgan fingerprint density at radius 3 is 1.90 bits per heavy atom. The Bertz CT molecular complexity index is 2870. The summed E-state index contributed by atoms with van der Waals surface area (Å²) >= 11 is 1.85. The number of benzene rings is 8. The van der Waals surface area contributed by atoms with Crippen molar-refractivity contribution in [3.8, 4) is 33.4 Å². The van der Waals surface area contributed by atoms with Crippen molar-refractivity contribution >= 4 is 70.5 Å². The standard InChI is InChI=1S/C48H31NOS/c1-3-14-32(15-4-1)37-22-12-24-42(47(37)40-23-13-26-44-48(40)39-21-7-9-25-43(39)50-44)49(35-17-5-2-6-18-35)36-19-11-16-33(30-36)34-28-29-46-41(31-34)38-20-8-10-27-45(38)51-46/h1-31H. The molecule has 0 fully saturated rings. The van der Waals surface area contributed by atoms with E-state index in [9.17, 15) is 0 Å². The van der Waals surface area contributed by atoms with Gasteiger partial charge in [-0.15, -0.1) is 11.3 Å². The first-order valence-corrected chi connectivity index (χ1v) is 18.1. The van der Waals surface area contributed by atoms with Crippen LogP contribution in [-0.2, 0) is 0 Å². The van der Waals surface area contributed by atoms with Crippen LogP contribution in [0.2, 0.25) is 0 Å². The summed E-state index contributed by atoms with van der Waals surface area (Å²) in [5.74, 6) is 0. The zero-order valence-electron chi connectivity index (χ0n) is 27.7. The number of hydrogen-bond donors (Lipinski definition) is 0. The van der Waals surface area contributed by atoms with Crippen LogP contribution in [0.5, 0.6) is 0 Å². The van der Waals surface area contributed by atoms with Gasteiger partial charge in [0, 0.05) is 47.9 Å². The molecule has 0 saturated heterocycles. The Labute approximate surface area is 300 Å². The third-order valence-electron chi connectivity index (χ3n) is 9.87. The van der Waals surface area contributed by atoms with Gasteiger partial charge in [-0.25, -0.2) is 0 Å². The molecule has 0 spiro atoms. The summed E-state index contributed by atoms with van der Waals surface area (Å²) in [7, 11) is 0. The van der Waals surface area contributed by atoms with Gasteiger partial charge in [0.2, 0.25) is 0 Å². The maximum Gasteiger partial charge on any atom is 0.136 e. The van der Waals surface area contributed by atoms with Crippen molar-refractivity contribution in [2.45, 2.75) is 0 Å². The molecule has 10 rings (SSSR count). The third kappa shape index (κ3) is 5.01. The van der Waals surface area contributed by atoms with Crippen LogP contribution in [0.4, 0.5) is 17.1 Å². The van der Waals surface area contributed by atoms with Gasteiger partial charge in [0.1, 0.15) is 11.2 Å². The Morgan fingerprint density at radius 1 is 0.392 bits per heavy atom. The molecule has 0 aliphatic heterocycles. The van der Waals surface area contributed by atoms with Gasteiger partial charge in [0.05, 0.1) is 5.69 Å². The lowest BCUT2D eigenvalue weighted by Crippen LogP contribution is -2.12. The Balaban J connectivity index is 1.23. The molecule has 0 aliphatic carbocycles. The summed E-state index contributed by atoms with van der Waals surface area (Å²) in [4.78, 5) is 2.41. The van der Waals surface area contributed by atoms with Crippen molar-refractivity contribution in [1.29, 1.82) is 0 Å². The predicted octanol–water partition coefficient (Wildman–Crippen LogP) is 14.4. The molecule has 0 bridgehead atoms. The number of para-hydroxylation sites is 2. The molecule has 2 heterocycles. The van der Waals surface area contributed by atoms with Crippen LogP contribution < -0.4 is 4.90 Å². The monoisotopic (exact) mass is 669 g/mol. The van der Waals surface area contributed by atoms with Gasteiger partial charge in [-0.05, 0) is 88.5 Å². The highest BCUT2D eigenvalue weighted by Gasteiger charge is 2.23. The van der Waals surface area contributed by atoms with Crippen molar-refractivity contribution in [2.24, 2.45) is 0 Å². The number of hydrogen-bond acceptors (Lipinski definition) is 3. The fraction of sp³-hybridized carbons (Fsp3) is 0. The molecule has 0 atom stereocenters. The first-order chi connectivity index (χ1) is 25.3. The molecular weight excluding hydrogens is 639 g/mol. The molecule has 0 unspecified atom stereocenters. The van der Waals surface area contributed by atoms with E-state index in [1.165, 1.54) is 31.3 Å². The van der Waals surface area contributed by atoms with Gasteiger partial charge in [0.25, 0.3) is 0 Å². The molecule has 10 aromatic rings. The molecule has 0 aliphatic rings. The van der Waals surface area contributed by atoms with E-state index in [2.05, 4.69) is 187 Å². The smallest absolute Gasteiger partial charge is 0.136 e. The van der Waals surface area contributed by atoms with Crippen LogP contribution in [0, 0.1) is 0 Å². The zero-order valence-corrected chi connectivity index (χ0v) is 28.5. The minimum absolute atomic E-state index is 0.882. The topological polar surface area (TPSA) is 16.4 Å². The number of furan rings is 1. The molecular formula is C48H31NOS. The van der Waals surface area contributed by atoms with Crippen molar-refractivity contribution < 1.29 is 4.42 Å². The van der Waals surface area contributed by atoms with Gasteiger partial charge in [0.15, 0.2) is 0 Å². The van der Waals surface area contributed by atoms with Crippen LogP contribution in [0.15, 0.2) is 192 Å². The molecule has 0 N–H and O–H groups in total. The maximum atomic E-state index is 6.43. The molecule has 0 amide bonds. The lowest BCUT2D eigenvalue weighted by atomic mass is 9.89. The second-order valence-electron chi connectivity index (χ2n) is 12.9. The molecule has 8 aromatic carbocycles. The minimum atomic E-state index is 0.882. The molecule has 0 saturated carbocycles. The number of anilines is 3. The first kappa shape index (κ1) is 29.5. The average molecular weight is 670 g/mol. The SMILES string of the molecule is c1ccc(-c2cccc(N(c3ccccc3)c3cccc(-c4ccc5sc6ccccc6c5c4)c3)c2-c2cccc3oc4ccccc4c23)cc1. The highest BCUT2D eigenvalue weighted by atomic mass is 32.1. The molecule has 0 radical (unpaired) electrons. The first-order valence-electron chi connectivity index (χ1n) is 17.3. The van der Waals surface area contributed by atoms with Gasteiger partial charge in [-0.2, -0.15) is 0 Å². The van der Waals surface area contributed by atoms with E-state index in [1.54, 1.807) is 0 Å². The fourth-order valence-electron chi connectivity index (χ4n) is 7.59. The number of thiophene rings is 1. The fourth-order valence-corrected chi connectivity index (χ4v) is 8.67. The highest BCUT2D eigenvalue weighted by Crippen LogP contribution is 2.49. The van der Waals surface area contributed by atoms with E-state index < -0.39 is 0 Å². The van der Waals surface area contributed by atoms with Crippen LogP contribution >= 0.6 is 11.3 Å². The van der Waals surface area contributed by atoms with Gasteiger partial charge in [-0.1, -0.05) is 127 Å². The minimum Gasteiger partial charge on any atom is -0.456 e. The zero-order chi connectivity index (χ0) is 33.7. The lowest BCUT2D eigenvalue weighted by Gasteiger charge is -2.29. The lowest BCUT2D eigenvalue weighted by molar-refractivity contribution is 0.669. The number of fused-ring (bicyclic) bond motifs is 6. The summed E-state index contributed by atoms with van der Waals surface area (Å²) < 4.78 is 9.06. The summed E-state index contributed by atoms with van der Waals surface area (Å²) in [6.45, 7) is 0. The van der Waals surface area contributed by atoms with E-state index in [4.69, 9.17) is 4.42 Å². The predicted molar refractivity (Wildman–Crippen MR) is 218 cm³/mol. The second kappa shape index (κ2) is 12.2. The van der Waals surface area contributed by atoms with E-state index in [0.717, 1.165) is 61.3 Å². The molecule has 51 heavy (non-hydrogen) atoms. The summed E-state index contributed by atoms with van der Waals surface area (Å²) in [6, 6.07) is 67.5. The normalized spacial score (nSPS) is 11.5. The quantitative estimate of drug-likeness (QED) is 0.175.